The first kappa shape index (κ1) is 27.1. The first-order valence-corrected chi connectivity index (χ1v) is 13.9. The van der Waals surface area contributed by atoms with E-state index in [-0.39, 0.29) is 0 Å². The molecule has 0 spiro atoms. The second kappa shape index (κ2) is 14.2. The summed E-state index contributed by atoms with van der Waals surface area (Å²) in [6, 6.07) is 0. The molecular formula is C27H56N4. The zero-order valence-corrected chi connectivity index (χ0v) is 21.1. The van der Waals surface area contributed by atoms with Crippen molar-refractivity contribution in [2.24, 2.45) is 76.2 Å². The molecule has 6 fully saturated rings. The molecule has 31 heavy (non-hydrogen) atoms. The molecule has 4 heteroatoms. The van der Waals surface area contributed by atoms with Gasteiger partial charge < -0.3 is 22.9 Å². The Morgan fingerprint density at radius 3 is 1.35 bits per heavy atom. The Morgan fingerprint density at radius 2 is 0.903 bits per heavy atom. The molecule has 6 rings (SSSR count). The zero-order valence-electron chi connectivity index (χ0n) is 21.1. The molecule has 0 heterocycles. The molecule has 0 amide bonds. The SMILES string of the molecule is C1CC2C3CCC(C3)C2C1.CCN.CCN.CCN.NCC1CC2CC1C1CCCC21. The van der Waals surface area contributed by atoms with E-state index in [1.807, 2.05) is 20.8 Å². The van der Waals surface area contributed by atoms with Crippen molar-refractivity contribution < 1.29 is 0 Å². The van der Waals surface area contributed by atoms with Crippen LogP contribution in [-0.2, 0) is 0 Å². The van der Waals surface area contributed by atoms with Gasteiger partial charge in [-0.15, -0.1) is 0 Å². The molecule has 184 valence electrons. The molecule has 4 bridgehead atoms. The molecule has 9 unspecified atom stereocenters. The van der Waals surface area contributed by atoms with Crippen LogP contribution in [0.25, 0.3) is 0 Å². The van der Waals surface area contributed by atoms with Crippen molar-refractivity contribution in [3.05, 3.63) is 0 Å². The Hall–Kier alpha value is -0.160. The van der Waals surface area contributed by atoms with E-state index in [9.17, 15) is 0 Å². The van der Waals surface area contributed by atoms with Gasteiger partial charge in [-0.25, -0.2) is 0 Å². The summed E-state index contributed by atoms with van der Waals surface area (Å²) in [4.78, 5) is 0. The van der Waals surface area contributed by atoms with Gasteiger partial charge in [0.1, 0.15) is 0 Å². The maximum absolute atomic E-state index is 5.80. The minimum absolute atomic E-state index is 0.750. The number of hydrogen-bond acceptors (Lipinski definition) is 4. The predicted octanol–water partition coefficient (Wildman–Crippen LogP) is 4.75. The zero-order chi connectivity index (χ0) is 22.8. The highest BCUT2D eigenvalue weighted by Crippen LogP contribution is 2.60. The average molecular weight is 437 g/mol. The minimum atomic E-state index is 0.750. The van der Waals surface area contributed by atoms with Gasteiger partial charge in [0.2, 0.25) is 0 Å². The van der Waals surface area contributed by atoms with Gasteiger partial charge in [0.25, 0.3) is 0 Å². The van der Waals surface area contributed by atoms with Crippen molar-refractivity contribution in [3.63, 3.8) is 0 Å². The maximum Gasteiger partial charge on any atom is -0.00460 e. The summed E-state index contributed by atoms with van der Waals surface area (Å²) in [6.07, 6.45) is 17.1. The molecule has 4 nitrogen and oxygen atoms in total. The van der Waals surface area contributed by atoms with E-state index in [1.165, 1.54) is 49.4 Å². The molecule has 0 aromatic carbocycles. The largest absolute Gasteiger partial charge is 0.331 e. The van der Waals surface area contributed by atoms with Crippen LogP contribution in [0.4, 0.5) is 0 Å². The predicted molar refractivity (Wildman–Crippen MR) is 135 cm³/mol. The quantitative estimate of drug-likeness (QED) is 0.476. The molecule has 6 aliphatic rings. The Balaban J connectivity index is 0.000000162. The molecule has 9 atom stereocenters. The highest BCUT2D eigenvalue weighted by molar-refractivity contribution is 5.03. The standard InChI is InChI=1S/C11H19N.C10H16.3C2H7N/c12-6-8-4-7-5-11(8)10-3-1-2-9(7)10;1-2-9-7-4-5-8(6-7)10(9)3-1;3*1-2-3/h7-11H,1-6,12H2;7-10H,1-6H2;3*2-3H2,1H3. The Kier molecular flexibility index (Phi) is 12.4. The van der Waals surface area contributed by atoms with Gasteiger partial charge in [-0.05, 0) is 137 Å². The highest BCUT2D eigenvalue weighted by atomic mass is 14.6. The Morgan fingerprint density at radius 1 is 0.484 bits per heavy atom. The monoisotopic (exact) mass is 436 g/mol. The van der Waals surface area contributed by atoms with Crippen LogP contribution in [0.5, 0.6) is 0 Å². The minimum Gasteiger partial charge on any atom is -0.331 e. The molecule has 0 aromatic heterocycles. The summed E-state index contributed by atoms with van der Waals surface area (Å²) in [5.41, 5.74) is 20.3. The summed E-state index contributed by atoms with van der Waals surface area (Å²) in [5, 5.41) is 0. The Bertz CT molecular complexity index is 447. The van der Waals surface area contributed by atoms with E-state index in [0.717, 1.165) is 55.8 Å². The van der Waals surface area contributed by atoms with Crippen LogP contribution in [0.15, 0.2) is 0 Å². The smallest absolute Gasteiger partial charge is 0.00460 e. The van der Waals surface area contributed by atoms with Crippen LogP contribution in [0.1, 0.15) is 91.4 Å². The van der Waals surface area contributed by atoms with E-state index >= 15 is 0 Å². The van der Waals surface area contributed by atoms with Gasteiger partial charge in [0, 0.05) is 0 Å². The van der Waals surface area contributed by atoms with Crippen LogP contribution in [0, 0.1) is 53.3 Å². The third-order valence-electron chi connectivity index (χ3n) is 9.22. The number of hydrogen-bond donors (Lipinski definition) is 4. The number of nitrogens with two attached hydrogens (primary N) is 4. The van der Waals surface area contributed by atoms with E-state index < -0.39 is 0 Å². The normalized spacial score (nSPS) is 42.1. The van der Waals surface area contributed by atoms with Gasteiger partial charge in [-0.2, -0.15) is 0 Å². The van der Waals surface area contributed by atoms with Gasteiger partial charge in [0.15, 0.2) is 0 Å². The van der Waals surface area contributed by atoms with Crippen LogP contribution < -0.4 is 22.9 Å². The summed E-state index contributed by atoms with van der Waals surface area (Å²) in [7, 11) is 0. The lowest BCUT2D eigenvalue weighted by Gasteiger charge is -2.30. The number of rotatable bonds is 1. The topological polar surface area (TPSA) is 104 Å². The van der Waals surface area contributed by atoms with E-state index in [4.69, 9.17) is 22.9 Å². The molecule has 6 aliphatic carbocycles. The van der Waals surface area contributed by atoms with E-state index in [0.29, 0.717) is 0 Å². The van der Waals surface area contributed by atoms with Gasteiger partial charge in [-0.3, -0.25) is 0 Å². The fourth-order valence-electron chi connectivity index (χ4n) is 8.50. The second-order valence-corrected chi connectivity index (χ2v) is 11.0. The summed E-state index contributed by atoms with van der Waals surface area (Å²) in [6.45, 7) is 8.92. The molecule has 0 aromatic rings. The van der Waals surface area contributed by atoms with Gasteiger partial charge in [-0.1, -0.05) is 33.6 Å². The lowest BCUT2D eigenvalue weighted by atomic mass is 9.76. The van der Waals surface area contributed by atoms with Crippen molar-refractivity contribution in [2.45, 2.75) is 91.4 Å². The molecule has 0 saturated heterocycles. The summed E-state index contributed by atoms with van der Waals surface area (Å²) < 4.78 is 0. The Labute approximate surface area is 194 Å². The summed E-state index contributed by atoms with van der Waals surface area (Å²) >= 11 is 0. The molecular weight excluding hydrogens is 380 g/mol. The fourth-order valence-corrected chi connectivity index (χ4v) is 8.50. The average Bonchev–Trinajstić information content (AvgIpc) is 3.58. The molecule has 0 aliphatic heterocycles. The van der Waals surface area contributed by atoms with Crippen molar-refractivity contribution in [1.82, 2.24) is 0 Å². The maximum atomic E-state index is 5.80. The first-order chi connectivity index (χ1) is 15.1. The molecule has 8 N–H and O–H groups in total. The first-order valence-electron chi connectivity index (χ1n) is 13.9. The van der Waals surface area contributed by atoms with Crippen molar-refractivity contribution in [2.75, 3.05) is 26.2 Å². The number of fused-ring (bicyclic) bond motifs is 10. The van der Waals surface area contributed by atoms with Crippen LogP contribution >= 0.6 is 0 Å². The third kappa shape index (κ3) is 6.68. The third-order valence-corrected chi connectivity index (χ3v) is 9.22. The van der Waals surface area contributed by atoms with Crippen LogP contribution in [0.3, 0.4) is 0 Å². The van der Waals surface area contributed by atoms with Crippen molar-refractivity contribution in [1.29, 1.82) is 0 Å². The highest BCUT2D eigenvalue weighted by Gasteiger charge is 2.53. The van der Waals surface area contributed by atoms with Crippen molar-refractivity contribution >= 4 is 0 Å². The summed E-state index contributed by atoms with van der Waals surface area (Å²) in [5.74, 6) is 10.1. The van der Waals surface area contributed by atoms with Crippen molar-refractivity contribution in [3.8, 4) is 0 Å². The van der Waals surface area contributed by atoms with E-state index in [1.54, 1.807) is 44.9 Å². The van der Waals surface area contributed by atoms with Crippen LogP contribution in [-0.4, -0.2) is 26.2 Å². The lowest BCUT2D eigenvalue weighted by molar-refractivity contribution is 0.194. The van der Waals surface area contributed by atoms with Gasteiger partial charge in [0.05, 0.1) is 0 Å². The molecule has 6 saturated carbocycles. The second-order valence-electron chi connectivity index (χ2n) is 11.0. The van der Waals surface area contributed by atoms with E-state index in [2.05, 4.69) is 0 Å². The fraction of sp³-hybridized carbons (Fsp3) is 1.00. The lowest BCUT2D eigenvalue weighted by Crippen LogP contribution is -2.29. The molecule has 0 radical (unpaired) electrons. The van der Waals surface area contributed by atoms with Gasteiger partial charge >= 0.3 is 0 Å². The van der Waals surface area contributed by atoms with Crippen LogP contribution in [0.2, 0.25) is 0 Å².